The summed E-state index contributed by atoms with van der Waals surface area (Å²) in [7, 11) is 0. The van der Waals surface area contributed by atoms with E-state index in [0.717, 1.165) is 30.9 Å². The summed E-state index contributed by atoms with van der Waals surface area (Å²) in [5.41, 5.74) is 2.68. The maximum absolute atomic E-state index is 11.4. The van der Waals surface area contributed by atoms with E-state index in [-0.39, 0.29) is 5.56 Å². The van der Waals surface area contributed by atoms with Crippen molar-refractivity contribution in [1.82, 2.24) is 19.9 Å². The van der Waals surface area contributed by atoms with E-state index >= 15 is 0 Å². The van der Waals surface area contributed by atoms with Crippen LogP contribution in [0.25, 0.3) is 11.1 Å². The van der Waals surface area contributed by atoms with Gasteiger partial charge >= 0.3 is 5.97 Å². The van der Waals surface area contributed by atoms with Crippen molar-refractivity contribution in [1.29, 1.82) is 0 Å². The number of likely N-dealkylation sites (tertiary alicyclic amines) is 1. The van der Waals surface area contributed by atoms with E-state index in [1.807, 2.05) is 24.4 Å². The maximum Gasteiger partial charge on any atom is 0.336 e. The number of carbonyl (C=O) groups is 1. The van der Waals surface area contributed by atoms with E-state index in [1.54, 1.807) is 30.6 Å². The Morgan fingerprint density at radius 3 is 2.59 bits per heavy atom. The van der Waals surface area contributed by atoms with E-state index < -0.39 is 5.97 Å². The predicted molar refractivity (Wildman–Crippen MR) is 101 cm³/mol. The molecule has 3 aromatic rings. The highest BCUT2D eigenvalue weighted by molar-refractivity contribution is 5.95. The van der Waals surface area contributed by atoms with Gasteiger partial charge in [-0.1, -0.05) is 24.3 Å². The van der Waals surface area contributed by atoms with Crippen LogP contribution in [-0.2, 0) is 6.54 Å². The number of rotatable bonds is 5. The molecule has 0 saturated carbocycles. The zero-order valence-corrected chi connectivity index (χ0v) is 14.8. The number of carboxylic acid groups (broad SMARTS) is 1. The number of nitrogens with zero attached hydrogens (tertiary/aromatic N) is 4. The summed E-state index contributed by atoms with van der Waals surface area (Å²) in [5.74, 6) is -0.223. The van der Waals surface area contributed by atoms with Gasteiger partial charge in [0.2, 0.25) is 0 Å². The third kappa shape index (κ3) is 3.71. The second kappa shape index (κ2) is 7.63. The lowest BCUT2D eigenvalue weighted by Gasteiger charge is -2.23. The molecule has 1 N–H and O–H groups in total. The zero-order valence-electron chi connectivity index (χ0n) is 14.8. The van der Waals surface area contributed by atoms with Crippen LogP contribution in [0, 0.1) is 0 Å². The van der Waals surface area contributed by atoms with Crippen molar-refractivity contribution in [3.63, 3.8) is 0 Å². The summed E-state index contributed by atoms with van der Waals surface area (Å²) in [6, 6.07) is 13.2. The average molecular weight is 360 g/mol. The van der Waals surface area contributed by atoms with E-state index in [0.29, 0.717) is 23.7 Å². The minimum Gasteiger partial charge on any atom is -0.478 e. The fraction of sp³-hybridized carbons (Fsp3) is 0.238. The molecule has 136 valence electrons. The van der Waals surface area contributed by atoms with E-state index in [9.17, 15) is 9.90 Å². The third-order valence-electron chi connectivity index (χ3n) is 4.91. The van der Waals surface area contributed by atoms with Crippen LogP contribution in [0.4, 0.5) is 0 Å². The van der Waals surface area contributed by atoms with Gasteiger partial charge in [0.25, 0.3) is 0 Å². The van der Waals surface area contributed by atoms with Crippen LogP contribution in [0.5, 0.6) is 0 Å². The highest BCUT2D eigenvalue weighted by Crippen LogP contribution is 2.31. The Hall–Kier alpha value is -3.12. The lowest BCUT2D eigenvalue weighted by molar-refractivity contribution is 0.0697. The Labute approximate surface area is 157 Å². The van der Waals surface area contributed by atoms with Crippen molar-refractivity contribution in [2.75, 3.05) is 6.54 Å². The number of carboxylic acids is 1. The molecular formula is C21H20N4O2. The summed E-state index contributed by atoms with van der Waals surface area (Å²) in [6.07, 6.45) is 7.45. The Morgan fingerprint density at radius 2 is 1.85 bits per heavy atom. The van der Waals surface area contributed by atoms with Crippen LogP contribution in [0.3, 0.4) is 0 Å². The number of hydrogen-bond acceptors (Lipinski definition) is 5. The molecule has 0 spiro atoms. The third-order valence-corrected chi connectivity index (χ3v) is 4.91. The number of aromatic nitrogens is 3. The smallest absolute Gasteiger partial charge is 0.336 e. The standard InChI is InChI=1S/C21H20N4O2/c26-21(27)17-7-2-1-6-16(17)15-12-23-20(24-13-15)14-25-11-5-9-19(25)18-8-3-4-10-22-18/h1-4,6-8,10,12-13,19H,5,9,11,14H2,(H,26,27)/t19-/m0/s1. The molecule has 1 aliphatic heterocycles. The molecule has 0 unspecified atom stereocenters. The highest BCUT2D eigenvalue weighted by Gasteiger charge is 2.27. The molecule has 1 aromatic carbocycles. The van der Waals surface area contributed by atoms with Gasteiger partial charge in [-0.25, -0.2) is 14.8 Å². The Morgan fingerprint density at radius 1 is 1.07 bits per heavy atom. The van der Waals surface area contributed by atoms with Crippen LogP contribution in [-0.4, -0.2) is 37.5 Å². The average Bonchev–Trinajstić information content (AvgIpc) is 3.17. The molecule has 0 aliphatic carbocycles. The summed E-state index contributed by atoms with van der Waals surface area (Å²) >= 11 is 0. The summed E-state index contributed by atoms with van der Waals surface area (Å²) in [4.78, 5) is 27.2. The molecule has 1 fully saturated rings. The van der Waals surface area contributed by atoms with Gasteiger partial charge in [0.1, 0.15) is 5.82 Å². The first-order chi connectivity index (χ1) is 13.2. The molecule has 1 saturated heterocycles. The molecular weight excluding hydrogens is 340 g/mol. The minimum atomic E-state index is -0.954. The summed E-state index contributed by atoms with van der Waals surface area (Å²) in [5, 5.41) is 9.36. The molecule has 3 heterocycles. The van der Waals surface area contributed by atoms with E-state index in [2.05, 4.69) is 25.9 Å². The topological polar surface area (TPSA) is 79.2 Å². The molecule has 4 rings (SSSR count). The first kappa shape index (κ1) is 17.3. The molecule has 1 aliphatic rings. The van der Waals surface area contributed by atoms with Gasteiger partial charge in [-0.3, -0.25) is 9.88 Å². The largest absolute Gasteiger partial charge is 0.478 e. The number of aromatic carboxylic acids is 1. The number of pyridine rings is 1. The van der Waals surface area contributed by atoms with Gasteiger partial charge < -0.3 is 5.11 Å². The first-order valence-corrected chi connectivity index (χ1v) is 9.01. The van der Waals surface area contributed by atoms with E-state index in [1.165, 1.54) is 0 Å². The molecule has 1 atom stereocenters. The van der Waals surface area contributed by atoms with Crippen molar-refractivity contribution in [2.45, 2.75) is 25.4 Å². The SMILES string of the molecule is O=C(O)c1ccccc1-c1cnc(CN2CCC[C@H]2c2ccccn2)nc1. The highest BCUT2D eigenvalue weighted by atomic mass is 16.4. The molecule has 2 aromatic heterocycles. The van der Waals surface area contributed by atoms with Crippen molar-refractivity contribution in [3.05, 3.63) is 78.1 Å². The van der Waals surface area contributed by atoms with Crippen LogP contribution in [0.2, 0.25) is 0 Å². The molecule has 6 heteroatoms. The Balaban J connectivity index is 1.53. The molecule has 0 bridgehead atoms. The van der Waals surface area contributed by atoms with Gasteiger partial charge in [-0.2, -0.15) is 0 Å². The van der Waals surface area contributed by atoms with E-state index in [4.69, 9.17) is 0 Å². The van der Waals surface area contributed by atoms with Crippen molar-refractivity contribution < 1.29 is 9.90 Å². The maximum atomic E-state index is 11.4. The fourth-order valence-corrected chi connectivity index (χ4v) is 3.60. The lowest BCUT2D eigenvalue weighted by atomic mass is 10.0. The van der Waals surface area contributed by atoms with Crippen molar-refractivity contribution in [3.8, 4) is 11.1 Å². The van der Waals surface area contributed by atoms with Crippen molar-refractivity contribution >= 4 is 5.97 Å². The molecule has 6 nitrogen and oxygen atoms in total. The van der Waals surface area contributed by atoms with Crippen LogP contribution >= 0.6 is 0 Å². The van der Waals surface area contributed by atoms with Crippen LogP contribution in [0.15, 0.2) is 61.1 Å². The van der Waals surface area contributed by atoms with Crippen LogP contribution in [0.1, 0.15) is 40.8 Å². The number of hydrogen-bond donors (Lipinski definition) is 1. The van der Waals surface area contributed by atoms with Gasteiger partial charge in [-0.05, 0) is 43.1 Å². The Kier molecular flexibility index (Phi) is 4.89. The second-order valence-electron chi connectivity index (χ2n) is 6.62. The monoisotopic (exact) mass is 360 g/mol. The quantitative estimate of drug-likeness (QED) is 0.749. The molecule has 0 amide bonds. The van der Waals surface area contributed by atoms with Gasteiger partial charge in [0, 0.05) is 24.2 Å². The second-order valence-corrected chi connectivity index (χ2v) is 6.62. The molecule has 27 heavy (non-hydrogen) atoms. The minimum absolute atomic E-state index is 0.253. The predicted octanol–water partition coefficient (Wildman–Crippen LogP) is 3.57. The van der Waals surface area contributed by atoms with Gasteiger partial charge in [0.05, 0.1) is 23.8 Å². The fourth-order valence-electron chi connectivity index (χ4n) is 3.60. The summed E-state index contributed by atoms with van der Waals surface area (Å²) < 4.78 is 0. The number of benzene rings is 1. The van der Waals surface area contributed by atoms with Crippen LogP contribution < -0.4 is 0 Å². The Bertz CT molecular complexity index is 928. The normalized spacial score (nSPS) is 17.1. The zero-order chi connectivity index (χ0) is 18.6. The summed E-state index contributed by atoms with van der Waals surface area (Å²) in [6.45, 7) is 1.65. The van der Waals surface area contributed by atoms with Gasteiger partial charge in [0.15, 0.2) is 0 Å². The lowest BCUT2D eigenvalue weighted by Crippen LogP contribution is -2.24. The van der Waals surface area contributed by atoms with Crippen molar-refractivity contribution in [2.24, 2.45) is 0 Å². The van der Waals surface area contributed by atoms with Gasteiger partial charge in [-0.15, -0.1) is 0 Å². The molecule has 0 radical (unpaired) electrons. The first-order valence-electron chi connectivity index (χ1n) is 9.01.